The van der Waals surface area contributed by atoms with Gasteiger partial charge in [-0.05, 0) is 35.0 Å². The molecule has 0 atom stereocenters. The van der Waals surface area contributed by atoms with Crippen molar-refractivity contribution in [3.05, 3.63) is 78.4 Å². The highest BCUT2D eigenvalue weighted by atomic mass is 32.2. The monoisotopic (exact) mass is 380 g/mol. The minimum atomic E-state index is -3.51. The van der Waals surface area contributed by atoms with Crippen molar-refractivity contribution in [2.24, 2.45) is 0 Å². The van der Waals surface area contributed by atoms with E-state index in [-0.39, 0.29) is 5.91 Å². The molecule has 1 saturated heterocycles. The molecule has 4 rings (SSSR count). The first kappa shape index (κ1) is 17.7. The van der Waals surface area contributed by atoms with Crippen molar-refractivity contribution < 1.29 is 13.2 Å². The maximum Gasteiger partial charge on any atom is 0.253 e. The van der Waals surface area contributed by atoms with Crippen molar-refractivity contribution in [1.82, 2.24) is 9.21 Å². The van der Waals surface area contributed by atoms with E-state index in [0.29, 0.717) is 36.6 Å². The number of nitrogens with zero attached hydrogens (tertiary/aromatic N) is 2. The maximum atomic E-state index is 12.8. The van der Waals surface area contributed by atoms with Crippen LogP contribution in [0.25, 0.3) is 10.8 Å². The molecule has 1 amide bonds. The predicted octanol–water partition coefficient (Wildman–Crippen LogP) is 2.99. The molecule has 0 aromatic heterocycles. The summed E-state index contributed by atoms with van der Waals surface area (Å²) in [5.41, 5.74) is 0.632. The zero-order chi connectivity index (χ0) is 18.9. The third kappa shape index (κ3) is 3.46. The molecule has 1 aliphatic heterocycles. The molecule has 0 bridgehead atoms. The van der Waals surface area contributed by atoms with Gasteiger partial charge in [-0.3, -0.25) is 4.79 Å². The van der Waals surface area contributed by atoms with Crippen LogP contribution in [0.1, 0.15) is 10.4 Å². The number of sulfonamides is 1. The SMILES string of the molecule is O=C(c1ccc2ccccc2c1)N1CCN(S(=O)(=O)c2ccccc2)CC1. The Morgan fingerprint density at radius 1 is 0.741 bits per heavy atom. The average Bonchev–Trinajstić information content (AvgIpc) is 2.73. The van der Waals surface area contributed by atoms with Gasteiger partial charge in [0.15, 0.2) is 0 Å². The number of carbonyl (C=O) groups is 1. The highest BCUT2D eigenvalue weighted by Gasteiger charge is 2.30. The Balaban J connectivity index is 1.47. The van der Waals surface area contributed by atoms with Gasteiger partial charge in [-0.15, -0.1) is 0 Å². The molecule has 3 aromatic carbocycles. The lowest BCUT2D eigenvalue weighted by molar-refractivity contribution is 0.0698. The molecule has 0 saturated carbocycles. The topological polar surface area (TPSA) is 57.7 Å². The molecular formula is C21H20N2O3S. The van der Waals surface area contributed by atoms with Gasteiger partial charge >= 0.3 is 0 Å². The van der Waals surface area contributed by atoms with E-state index in [2.05, 4.69) is 0 Å². The first-order valence-corrected chi connectivity index (χ1v) is 10.3. The molecule has 0 spiro atoms. The van der Waals surface area contributed by atoms with Crippen LogP contribution in [0.15, 0.2) is 77.7 Å². The first-order valence-electron chi connectivity index (χ1n) is 8.89. The van der Waals surface area contributed by atoms with Crippen LogP contribution in [-0.4, -0.2) is 49.7 Å². The summed E-state index contributed by atoms with van der Waals surface area (Å²) in [6, 6.07) is 22.0. The maximum absolute atomic E-state index is 12.8. The van der Waals surface area contributed by atoms with Gasteiger partial charge in [0.05, 0.1) is 4.90 Å². The van der Waals surface area contributed by atoms with Crippen LogP contribution in [0.5, 0.6) is 0 Å². The molecule has 27 heavy (non-hydrogen) atoms. The van der Waals surface area contributed by atoms with Crippen molar-refractivity contribution in [2.45, 2.75) is 4.90 Å². The number of benzene rings is 3. The third-order valence-electron chi connectivity index (χ3n) is 4.90. The Morgan fingerprint density at radius 3 is 2.07 bits per heavy atom. The van der Waals surface area contributed by atoms with Gasteiger partial charge in [-0.1, -0.05) is 48.5 Å². The highest BCUT2D eigenvalue weighted by molar-refractivity contribution is 7.89. The minimum Gasteiger partial charge on any atom is -0.336 e. The second kappa shape index (κ2) is 7.13. The van der Waals surface area contributed by atoms with E-state index in [9.17, 15) is 13.2 Å². The van der Waals surface area contributed by atoms with E-state index in [1.54, 1.807) is 35.2 Å². The Bertz CT molecular complexity index is 1070. The molecule has 138 valence electrons. The Kier molecular flexibility index (Phi) is 4.68. The van der Waals surface area contributed by atoms with Gasteiger partial charge in [-0.2, -0.15) is 4.31 Å². The van der Waals surface area contributed by atoms with E-state index in [1.165, 1.54) is 4.31 Å². The van der Waals surface area contributed by atoms with Crippen LogP contribution in [0.2, 0.25) is 0 Å². The molecule has 0 aliphatic carbocycles. The van der Waals surface area contributed by atoms with Gasteiger partial charge in [0, 0.05) is 31.7 Å². The van der Waals surface area contributed by atoms with E-state index >= 15 is 0 Å². The van der Waals surface area contributed by atoms with E-state index in [0.717, 1.165) is 10.8 Å². The molecule has 0 N–H and O–H groups in total. The van der Waals surface area contributed by atoms with Crippen LogP contribution in [0.3, 0.4) is 0 Å². The molecule has 1 aliphatic rings. The van der Waals surface area contributed by atoms with Gasteiger partial charge < -0.3 is 4.90 Å². The summed E-state index contributed by atoms with van der Waals surface area (Å²) in [4.78, 5) is 14.8. The zero-order valence-electron chi connectivity index (χ0n) is 14.8. The molecule has 5 nitrogen and oxygen atoms in total. The number of piperazine rings is 1. The largest absolute Gasteiger partial charge is 0.336 e. The minimum absolute atomic E-state index is 0.0579. The summed E-state index contributed by atoms with van der Waals surface area (Å²) in [5, 5.41) is 2.11. The lowest BCUT2D eigenvalue weighted by atomic mass is 10.1. The summed E-state index contributed by atoms with van der Waals surface area (Å²) in [6.07, 6.45) is 0. The summed E-state index contributed by atoms with van der Waals surface area (Å²) in [5.74, 6) is -0.0579. The summed E-state index contributed by atoms with van der Waals surface area (Å²) < 4.78 is 26.9. The van der Waals surface area contributed by atoms with E-state index in [1.807, 2.05) is 42.5 Å². The molecule has 0 unspecified atom stereocenters. The zero-order valence-corrected chi connectivity index (χ0v) is 15.6. The first-order chi connectivity index (χ1) is 13.1. The lowest BCUT2D eigenvalue weighted by Gasteiger charge is -2.34. The number of hydrogen-bond donors (Lipinski definition) is 0. The Labute approximate surface area is 158 Å². The van der Waals surface area contributed by atoms with E-state index < -0.39 is 10.0 Å². The Morgan fingerprint density at radius 2 is 1.37 bits per heavy atom. The molecule has 6 heteroatoms. The molecule has 0 radical (unpaired) electrons. The third-order valence-corrected chi connectivity index (χ3v) is 6.82. The highest BCUT2D eigenvalue weighted by Crippen LogP contribution is 2.20. The number of hydrogen-bond acceptors (Lipinski definition) is 3. The summed E-state index contributed by atoms with van der Waals surface area (Å²) in [6.45, 7) is 1.38. The molecule has 3 aromatic rings. The standard InChI is InChI=1S/C21H20N2O3S/c24-21(19-11-10-17-6-4-5-7-18(17)16-19)22-12-14-23(15-13-22)27(25,26)20-8-2-1-3-9-20/h1-11,16H,12-15H2. The van der Waals surface area contributed by atoms with Gasteiger partial charge in [0.25, 0.3) is 5.91 Å². The van der Waals surface area contributed by atoms with Crippen molar-refractivity contribution in [1.29, 1.82) is 0 Å². The fraction of sp³-hybridized carbons (Fsp3) is 0.190. The van der Waals surface area contributed by atoms with Crippen LogP contribution in [-0.2, 0) is 10.0 Å². The van der Waals surface area contributed by atoms with Gasteiger partial charge in [-0.25, -0.2) is 8.42 Å². The van der Waals surface area contributed by atoms with Crippen LogP contribution < -0.4 is 0 Å². The summed E-state index contributed by atoms with van der Waals surface area (Å²) in [7, 11) is -3.51. The number of amides is 1. The number of carbonyl (C=O) groups excluding carboxylic acids is 1. The molecule has 1 fully saturated rings. The fourth-order valence-electron chi connectivity index (χ4n) is 3.38. The quantitative estimate of drug-likeness (QED) is 0.702. The summed E-state index contributed by atoms with van der Waals surface area (Å²) >= 11 is 0. The van der Waals surface area contributed by atoms with Crippen molar-refractivity contribution in [3.8, 4) is 0 Å². The fourth-order valence-corrected chi connectivity index (χ4v) is 4.82. The van der Waals surface area contributed by atoms with Crippen LogP contribution in [0, 0.1) is 0 Å². The van der Waals surface area contributed by atoms with Crippen molar-refractivity contribution >= 4 is 26.7 Å². The molecule has 1 heterocycles. The van der Waals surface area contributed by atoms with Gasteiger partial charge in [0.1, 0.15) is 0 Å². The number of rotatable bonds is 3. The second-order valence-electron chi connectivity index (χ2n) is 6.57. The van der Waals surface area contributed by atoms with Crippen LogP contribution >= 0.6 is 0 Å². The normalized spacial score (nSPS) is 15.8. The Hall–Kier alpha value is -2.70. The van der Waals surface area contributed by atoms with E-state index in [4.69, 9.17) is 0 Å². The smallest absolute Gasteiger partial charge is 0.253 e. The average molecular weight is 380 g/mol. The predicted molar refractivity (Wildman–Crippen MR) is 105 cm³/mol. The van der Waals surface area contributed by atoms with Gasteiger partial charge in [0.2, 0.25) is 10.0 Å². The second-order valence-corrected chi connectivity index (χ2v) is 8.51. The van der Waals surface area contributed by atoms with Crippen molar-refractivity contribution in [3.63, 3.8) is 0 Å². The van der Waals surface area contributed by atoms with Crippen LogP contribution in [0.4, 0.5) is 0 Å². The lowest BCUT2D eigenvalue weighted by Crippen LogP contribution is -2.50. The number of fused-ring (bicyclic) bond motifs is 1. The molecular weight excluding hydrogens is 360 g/mol. The van der Waals surface area contributed by atoms with Crippen molar-refractivity contribution in [2.75, 3.05) is 26.2 Å².